The van der Waals surface area contributed by atoms with Gasteiger partial charge in [0.1, 0.15) is 17.2 Å². The zero-order valence-electron chi connectivity index (χ0n) is 16.5. The summed E-state index contributed by atoms with van der Waals surface area (Å²) in [5.41, 5.74) is -0.508. The number of amides is 2. The lowest BCUT2D eigenvalue weighted by Gasteiger charge is -2.29. The number of carbonyl (C=O) groups is 2. The van der Waals surface area contributed by atoms with Crippen LogP contribution in [0.2, 0.25) is 5.02 Å². The number of ether oxygens (including phenoxy) is 2. The first-order valence-corrected chi connectivity index (χ1v) is 9.84. The van der Waals surface area contributed by atoms with E-state index in [4.69, 9.17) is 21.1 Å². The van der Waals surface area contributed by atoms with Crippen molar-refractivity contribution in [3.63, 3.8) is 0 Å². The predicted molar refractivity (Wildman–Crippen MR) is 105 cm³/mol. The molecule has 28 heavy (non-hydrogen) atoms. The third-order valence-corrected chi connectivity index (χ3v) is 4.71. The molecule has 1 fully saturated rings. The van der Waals surface area contributed by atoms with Gasteiger partial charge in [0.25, 0.3) is 5.91 Å². The van der Waals surface area contributed by atoms with E-state index in [1.165, 1.54) is 12.1 Å². The van der Waals surface area contributed by atoms with Crippen molar-refractivity contribution in [2.75, 3.05) is 13.2 Å². The Morgan fingerprint density at radius 1 is 1.21 bits per heavy atom. The largest absolute Gasteiger partial charge is 0.484 e. The molecule has 0 aromatic heterocycles. The van der Waals surface area contributed by atoms with Gasteiger partial charge in [0.15, 0.2) is 6.61 Å². The number of carbonyl (C=O) groups excluding carboxylic acids is 2. The number of nitrogens with one attached hydrogen (secondary N) is 2. The molecule has 0 saturated heterocycles. The maximum absolute atomic E-state index is 13.4. The highest BCUT2D eigenvalue weighted by atomic mass is 35.5. The summed E-state index contributed by atoms with van der Waals surface area (Å²) < 4.78 is 23.9. The Morgan fingerprint density at radius 3 is 2.50 bits per heavy atom. The average Bonchev–Trinajstić information content (AvgIpc) is 2.61. The van der Waals surface area contributed by atoms with Gasteiger partial charge in [0.2, 0.25) is 0 Å². The third kappa shape index (κ3) is 7.92. The smallest absolute Gasteiger partial charge is 0.407 e. The third-order valence-electron chi connectivity index (χ3n) is 4.41. The van der Waals surface area contributed by atoms with Crippen LogP contribution >= 0.6 is 11.6 Å². The summed E-state index contributed by atoms with van der Waals surface area (Å²) in [6, 6.07) is 4.13. The fourth-order valence-electron chi connectivity index (χ4n) is 3.04. The lowest BCUT2D eigenvalue weighted by atomic mass is 9.86. The van der Waals surface area contributed by atoms with E-state index in [0.29, 0.717) is 12.5 Å². The molecule has 0 bridgehead atoms. The minimum absolute atomic E-state index is 0.00900. The first-order valence-electron chi connectivity index (χ1n) is 9.46. The molecule has 1 aliphatic rings. The molecular formula is C20H28ClFN2O4. The molecule has 0 radical (unpaired) electrons. The van der Waals surface area contributed by atoms with Crippen molar-refractivity contribution in [3.8, 4) is 5.75 Å². The van der Waals surface area contributed by atoms with Gasteiger partial charge in [0.05, 0.1) is 5.02 Å². The van der Waals surface area contributed by atoms with Crippen molar-refractivity contribution in [3.05, 3.63) is 29.0 Å². The SMILES string of the molecule is CC(C)(C)OC(=O)NCC1CCC(NC(=O)COc2ccc(Cl)c(F)c2)CC1. The molecule has 0 aliphatic heterocycles. The Labute approximate surface area is 170 Å². The molecule has 1 aromatic carbocycles. The van der Waals surface area contributed by atoms with Crippen LogP contribution in [0.1, 0.15) is 46.5 Å². The quantitative estimate of drug-likeness (QED) is 0.736. The molecule has 1 aromatic rings. The highest BCUT2D eigenvalue weighted by Crippen LogP contribution is 2.24. The molecule has 2 N–H and O–H groups in total. The van der Waals surface area contributed by atoms with Gasteiger partial charge in [-0.05, 0) is 64.5 Å². The van der Waals surface area contributed by atoms with E-state index >= 15 is 0 Å². The maximum Gasteiger partial charge on any atom is 0.407 e. The van der Waals surface area contributed by atoms with Crippen molar-refractivity contribution in [2.24, 2.45) is 5.92 Å². The van der Waals surface area contributed by atoms with Crippen LogP contribution in [-0.4, -0.2) is 36.8 Å². The van der Waals surface area contributed by atoms with Gasteiger partial charge in [-0.3, -0.25) is 4.79 Å². The second kappa shape index (κ2) is 9.96. The van der Waals surface area contributed by atoms with E-state index < -0.39 is 17.5 Å². The van der Waals surface area contributed by atoms with Gasteiger partial charge >= 0.3 is 6.09 Å². The molecule has 0 spiro atoms. The van der Waals surface area contributed by atoms with Crippen LogP contribution in [0.25, 0.3) is 0 Å². The van der Waals surface area contributed by atoms with Crippen LogP contribution in [-0.2, 0) is 9.53 Å². The highest BCUT2D eigenvalue weighted by molar-refractivity contribution is 6.30. The molecule has 8 heteroatoms. The van der Waals surface area contributed by atoms with E-state index in [2.05, 4.69) is 10.6 Å². The van der Waals surface area contributed by atoms with E-state index in [1.807, 2.05) is 20.8 Å². The molecule has 0 heterocycles. The monoisotopic (exact) mass is 414 g/mol. The van der Waals surface area contributed by atoms with Crippen LogP contribution in [0.15, 0.2) is 18.2 Å². The normalized spacial score (nSPS) is 19.6. The average molecular weight is 415 g/mol. The standard InChI is InChI=1S/C20H28ClFN2O4/c1-20(2,3)28-19(26)23-11-13-4-6-14(7-5-13)24-18(25)12-27-15-8-9-16(21)17(22)10-15/h8-10,13-14H,4-7,11-12H2,1-3H3,(H,23,26)(H,24,25). The molecular weight excluding hydrogens is 387 g/mol. The molecule has 2 amide bonds. The zero-order valence-corrected chi connectivity index (χ0v) is 17.3. The Morgan fingerprint density at radius 2 is 1.89 bits per heavy atom. The number of benzene rings is 1. The zero-order chi connectivity index (χ0) is 20.7. The Bertz CT molecular complexity index is 685. The van der Waals surface area contributed by atoms with E-state index in [9.17, 15) is 14.0 Å². The number of hydrogen-bond acceptors (Lipinski definition) is 4. The highest BCUT2D eigenvalue weighted by Gasteiger charge is 2.24. The van der Waals surface area contributed by atoms with Crippen LogP contribution in [0.5, 0.6) is 5.75 Å². The summed E-state index contributed by atoms with van der Waals surface area (Å²) in [5.74, 6) is -0.202. The fraction of sp³-hybridized carbons (Fsp3) is 0.600. The number of hydrogen-bond donors (Lipinski definition) is 2. The molecule has 0 unspecified atom stereocenters. The summed E-state index contributed by atoms with van der Waals surface area (Å²) in [7, 11) is 0. The van der Waals surface area contributed by atoms with Gasteiger partial charge < -0.3 is 20.1 Å². The van der Waals surface area contributed by atoms with Crippen LogP contribution < -0.4 is 15.4 Å². The molecule has 0 atom stereocenters. The van der Waals surface area contributed by atoms with E-state index in [-0.39, 0.29) is 29.3 Å². The van der Waals surface area contributed by atoms with Crippen molar-refractivity contribution in [1.82, 2.24) is 10.6 Å². The minimum Gasteiger partial charge on any atom is -0.484 e. The molecule has 2 rings (SSSR count). The van der Waals surface area contributed by atoms with Crippen LogP contribution in [0.3, 0.4) is 0 Å². The molecule has 1 aliphatic carbocycles. The summed E-state index contributed by atoms with van der Waals surface area (Å²) >= 11 is 5.61. The summed E-state index contributed by atoms with van der Waals surface area (Å²) in [5, 5.41) is 5.75. The first kappa shape index (κ1) is 22.3. The predicted octanol–water partition coefficient (Wildman–Crippen LogP) is 4.06. The Hall–Kier alpha value is -2.02. The van der Waals surface area contributed by atoms with Crippen molar-refractivity contribution in [1.29, 1.82) is 0 Å². The molecule has 6 nitrogen and oxygen atoms in total. The van der Waals surface area contributed by atoms with Gasteiger partial charge in [0, 0.05) is 18.7 Å². The lowest BCUT2D eigenvalue weighted by Crippen LogP contribution is -2.42. The Balaban J connectivity index is 1.64. The van der Waals surface area contributed by atoms with Crippen molar-refractivity contribution in [2.45, 2.75) is 58.1 Å². The van der Waals surface area contributed by atoms with Gasteiger partial charge in [-0.25, -0.2) is 9.18 Å². The topological polar surface area (TPSA) is 76.7 Å². The molecule has 1 saturated carbocycles. The number of rotatable bonds is 6. The van der Waals surface area contributed by atoms with Gasteiger partial charge in [-0.2, -0.15) is 0 Å². The molecule has 156 valence electrons. The summed E-state index contributed by atoms with van der Waals surface area (Å²) in [4.78, 5) is 23.7. The van der Waals surface area contributed by atoms with Crippen LogP contribution in [0.4, 0.5) is 9.18 Å². The van der Waals surface area contributed by atoms with Crippen LogP contribution in [0, 0.1) is 11.7 Å². The van der Waals surface area contributed by atoms with Crippen molar-refractivity contribution < 1.29 is 23.5 Å². The fourth-order valence-corrected chi connectivity index (χ4v) is 3.16. The van der Waals surface area contributed by atoms with Crippen molar-refractivity contribution >= 4 is 23.6 Å². The van der Waals surface area contributed by atoms with Gasteiger partial charge in [-0.1, -0.05) is 11.6 Å². The minimum atomic E-state index is -0.585. The second-order valence-corrected chi connectivity index (χ2v) is 8.44. The number of halogens is 2. The summed E-state index contributed by atoms with van der Waals surface area (Å²) in [6.45, 7) is 5.87. The van der Waals surface area contributed by atoms with Gasteiger partial charge in [-0.15, -0.1) is 0 Å². The lowest BCUT2D eigenvalue weighted by molar-refractivity contribution is -0.124. The number of alkyl carbamates (subject to hydrolysis) is 1. The summed E-state index contributed by atoms with van der Waals surface area (Å²) in [6.07, 6.45) is 3.08. The Kier molecular flexibility index (Phi) is 7.92. The second-order valence-electron chi connectivity index (χ2n) is 8.03. The van der Waals surface area contributed by atoms with E-state index in [1.54, 1.807) is 0 Å². The van der Waals surface area contributed by atoms with E-state index in [0.717, 1.165) is 31.7 Å². The first-order chi connectivity index (χ1) is 13.1. The maximum atomic E-state index is 13.4.